The summed E-state index contributed by atoms with van der Waals surface area (Å²) in [5, 5.41) is 3.55. The first kappa shape index (κ1) is 13.4. The van der Waals surface area contributed by atoms with Gasteiger partial charge < -0.3 is 10.1 Å². The molecule has 0 aliphatic carbocycles. The van der Waals surface area contributed by atoms with Gasteiger partial charge in [-0.05, 0) is 12.2 Å². The number of carbonyl (C=O) groups is 1. The molecule has 0 heterocycles. The smallest absolute Gasteiger partial charge is 0.332 e. The van der Waals surface area contributed by atoms with Gasteiger partial charge in [-0.1, -0.05) is 13.8 Å². The molecule has 0 spiro atoms. The van der Waals surface area contributed by atoms with E-state index in [1.54, 1.807) is 18.7 Å². The number of hydrogen-bond donors (Lipinski definition) is 1. The zero-order valence-electron chi connectivity index (χ0n) is 9.29. The van der Waals surface area contributed by atoms with E-state index in [2.05, 4.69) is 19.2 Å². The van der Waals surface area contributed by atoms with Crippen molar-refractivity contribution in [1.82, 2.24) is 5.32 Å². The van der Waals surface area contributed by atoms with Crippen molar-refractivity contribution < 1.29 is 9.53 Å². The topological polar surface area (TPSA) is 38.3 Å². The van der Waals surface area contributed by atoms with Gasteiger partial charge in [0, 0.05) is 24.6 Å². The van der Waals surface area contributed by atoms with E-state index in [9.17, 15) is 4.79 Å². The minimum Gasteiger partial charge on any atom is -0.463 e. The first-order chi connectivity index (χ1) is 6.60. The average Bonchev–Trinajstić information content (AvgIpc) is 2.12. The van der Waals surface area contributed by atoms with Crippen LogP contribution in [0.3, 0.4) is 0 Å². The molecule has 14 heavy (non-hydrogen) atoms. The fourth-order valence-electron chi connectivity index (χ4n) is 0.769. The van der Waals surface area contributed by atoms with E-state index >= 15 is 0 Å². The number of esters is 1. The summed E-state index contributed by atoms with van der Waals surface area (Å²) in [5.74, 6) is 0.536. The van der Waals surface area contributed by atoms with Crippen molar-refractivity contribution >= 4 is 17.7 Å². The second-order valence-electron chi connectivity index (χ2n) is 3.03. The average molecular weight is 217 g/mol. The summed E-state index contributed by atoms with van der Waals surface area (Å²) >= 11 is 1.79. The Balaban J connectivity index is 4.04. The first-order valence-electron chi connectivity index (χ1n) is 4.76. The lowest BCUT2D eigenvalue weighted by molar-refractivity contribution is -0.137. The molecule has 0 unspecified atom stereocenters. The molecule has 0 aromatic rings. The van der Waals surface area contributed by atoms with Crippen LogP contribution < -0.4 is 5.32 Å². The minimum atomic E-state index is -0.277. The van der Waals surface area contributed by atoms with Crippen molar-refractivity contribution in [3.63, 3.8) is 0 Å². The predicted molar refractivity (Wildman–Crippen MR) is 61.4 cm³/mol. The maximum atomic E-state index is 11.1. The molecule has 0 saturated carbocycles. The number of hydrogen-bond acceptors (Lipinski definition) is 4. The highest BCUT2D eigenvalue weighted by atomic mass is 32.2. The van der Waals surface area contributed by atoms with Gasteiger partial charge in [-0.3, -0.25) is 0 Å². The van der Waals surface area contributed by atoms with Crippen LogP contribution in [0.2, 0.25) is 0 Å². The lowest BCUT2D eigenvalue weighted by atomic mass is 10.4. The van der Waals surface area contributed by atoms with Gasteiger partial charge in [-0.25, -0.2) is 4.79 Å². The molecule has 0 radical (unpaired) electrons. The number of carbonyl (C=O) groups excluding carboxylic acids is 1. The summed E-state index contributed by atoms with van der Waals surface area (Å²) in [6, 6.07) is 0. The molecule has 1 N–H and O–H groups in total. The van der Waals surface area contributed by atoms with Crippen molar-refractivity contribution in [2.45, 2.75) is 26.0 Å². The van der Waals surface area contributed by atoms with E-state index in [4.69, 9.17) is 4.74 Å². The molecule has 0 amide bonds. The van der Waals surface area contributed by atoms with Gasteiger partial charge in [-0.15, -0.1) is 0 Å². The molecule has 0 atom stereocenters. The maximum absolute atomic E-state index is 11.1. The van der Waals surface area contributed by atoms with Gasteiger partial charge in [0.25, 0.3) is 0 Å². The zero-order chi connectivity index (χ0) is 11.0. The Morgan fingerprint density at radius 2 is 2.21 bits per heavy atom. The molecular formula is C10H19NO2S. The van der Waals surface area contributed by atoms with E-state index in [0.29, 0.717) is 11.9 Å². The van der Waals surface area contributed by atoms with Crippen molar-refractivity contribution in [1.29, 1.82) is 0 Å². The summed E-state index contributed by atoms with van der Waals surface area (Å²) in [6.45, 7) is 6.47. The van der Waals surface area contributed by atoms with E-state index < -0.39 is 0 Å². The molecule has 0 fully saturated rings. The standard InChI is InChI=1S/C10H19NO2S/c1-5-13-10(12)6-9(11-4)7-14-8(2)3/h6,8,11H,5,7H2,1-4H3/b9-6-. The minimum absolute atomic E-state index is 0.277. The lowest BCUT2D eigenvalue weighted by Crippen LogP contribution is -2.13. The van der Waals surface area contributed by atoms with Gasteiger partial charge >= 0.3 is 5.97 Å². The van der Waals surface area contributed by atoms with Crippen LogP contribution in [-0.4, -0.2) is 30.6 Å². The van der Waals surface area contributed by atoms with Crippen molar-refractivity contribution in [2.75, 3.05) is 19.4 Å². The predicted octanol–water partition coefficient (Wildman–Crippen LogP) is 1.79. The number of ether oxygens (including phenoxy) is 1. The summed E-state index contributed by atoms with van der Waals surface area (Å²) in [5.41, 5.74) is 0.905. The molecular weight excluding hydrogens is 198 g/mol. The van der Waals surface area contributed by atoms with Crippen LogP contribution >= 0.6 is 11.8 Å². The van der Waals surface area contributed by atoms with Crippen LogP contribution in [0.5, 0.6) is 0 Å². The quantitative estimate of drug-likeness (QED) is 0.544. The van der Waals surface area contributed by atoms with Gasteiger partial charge in [0.05, 0.1) is 6.61 Å². The first-order valence-corrected chi connectivity index (χ1v) is 5.81. The van der Waals surface area contributed by atoms with Crippen LogP contribution in [0.25, 0.3) is 0 Å². The van der Waals surface area contributed by atoms with Gasteiger partial charge in [0.2, 0.25) is 0 Å². The van der Waals surface area contributed by atoms with Crippen LogP contribution in [-0.2, 0) is 9.53 Å². The van der Waals surface area contributed by atoms with Crippen molar-refractivity contribution in [3.8, 4) is 0 Å². The van der Waals surface area contributed by atoms with Crippen LogP contribution in [0.4, 0.5) is 0 Å². The van der Waals surface area contributed by atoms with Crippen LogP contribution in [0.1, 0.15) is 20.8 Å². The second kappa shape index (κ2) is 7.74. The third kappa shape index (κ3) is 6.83. The number of rotatable bonds is 6. The van der Waals surface area contributed by atoms with E-state index in [1.165, 1.54) is 6.08 Å². The Hall–Kier alpha value is -0.640. The fourth-order valence-corrected chi connectivity index (χ4v) is 1.51. The highest BCUT2D eigenvalue weighted by molar-refractivity contribution is 8.00. The Labute approximate surface area is 90.3 Å². The molecule has 0 bridgehead atoms. The lowest BCUT2D eigenvalue weighted by Gasteiger charge is -2.08. The summed E-state index contributed by atoms with van der Waals surface area (Å²) in [6.07, 6.45) is 1.51. The normalized spacial score (nSPS) is 11.6. The summed E-state index contributed by atoms with van der Waals surface area (Å²) in [4.78, 5) is 11.1. The van der Waals surface area contributed by atoms with Gasteiger partial charge in [0.1, 0.15) is 0 Å². The third-order valence-electron chi connectivity index (χ3n) is 1.47. The Morgan fingerprint density at radius 3 is 2.64 bits per heavy atom. The monoisotopic (exact) mass is 217 g/mol. The van der Waals surface area contributed by atoms with E-state index in [1.807, 2.05) is 7.05 Å². The van der Waals surface area contributed by atoms with Crippen molar-refractivity contribution in [2.24, 2.45) is 0 Å². The summed E-state index contributed by atoms with van der Waals surface area (Å²) in [7, 11) is 1.81. The SMILES string of the molecule is CCOC(=O)/C=C(/CSC(C)C)NC. The fraction of sp³-hybridized carbons (Fsp3) is 0.700. The molecule has 82 valence electrons. The Kier molecular flexibility index (Phi) is 7.38. The molecule has 0 rings (SSSR count). The molecule has 0 aromatic heterocycles. The largest absolute Gasteiger partial charge is 0.463 e. The third-order valence-corrected chi connectivity index (χ3v) is 2.62. The zero-order valence-corrected chi connectivity index (χ0v) is 10.1. The number of thioether (sulfide) groups is 1. The van der Waals surface area contributed by atoms with Crippen molar-refractivity contribution in [3.05, 3.63) is 11.8 Å². The van der Waals surface area contributed by atoms with E-state index in [0.717, 1.165) is 11.4 Å². The maximum Gasteiger partial charge on any atom is 0.332 e. The molecule has 0 aliphatic rings. The molecule has 3 nitrogen and oxygen atoms in total. The highest BCUT2D eigenvalue weighted by Gasteiger charge is 2.02. The molecule has 0 aliphatic heterocycles. The van der Waals surface area contributed by atoms with Crippen LogP contribution in [0, 0.1) is 0 Å². The molecule has 0 aromatic carbocycles. The molecule has 4 heteroatoms. The van der Waals surface area contributed by atoms with Crippen LogP contribution in [0.15, 0.2) is 11.8 Å². The van der Waals surface area contributed by atoms with E-state index in [-0.39, 0.29) is 5.97 Å². The van der Waals surface area contributed by atoms with Gasteiger partial charge in [-0.2, -0.15) is 11.8 Å². The summed E-state index contributed by atoms with van der Waals surface area (Å²) < 4.78 is 4.82. The Bertz CT molecular complexity index is 202. The molecule has 0 saturated heterocycles. The number of nitrogens with one attached hydrogen (secondary N) is 1. The Morgan fingerprint density at radius 1 is 1.57 bits per heavy atom. The second-order valence-corrected chi connectivity index (χ2v) is 4.60. The van der Waals surface area contributed by atoms with Gasteiger partial charge in [0.15, 0.2) is 0 Å². The highest BCUT2D eigenvalue weighted by Crippen LogP contribution is 2.12.